The lowest BCUT2D eigenvalue weighted by Crippen LogP contribution is -2.30. The average molecular weight is 280 g/mol. The molecule has 1 aromatic carbocycles. The van der Waals surface area contributed by atoms with Gasteiger partial charge >= 0.3 is 0 Å². The van der Waals surface area contributed by atoms with Crippen molar-refractivity contribution < 1.29 is 19.1 Å². The van der Waals surface area contributed by atoms with Gasteiger partial charge in [0, 0.05) is 13.7 Å². The number of amides is 2. The molecule has 0 atom stereocenters. The molecule has 0 bridgehead atoms. The lowest BCUT2D eigenvalue weighted by atomic mass is 10.2. The molecule has 0 aromatic heterocycles. The molecule has 0 spiro atoms. The smallest absolute Gasteiger partial charge is 0.233 e. The fraction of sp³-hybridized carbons (Fsp3) is 0.429. The zero-order valence-corrected chi connectivity index (χ0v) is 11.8. The third kappa shape index (κ3) is 5.71. The van der Waals surface area contributed by atoms with Gasteiger partial charge in [-0.25, -0.2) is 0 Å². The molecule has 20 heavy (non-hydrogen) atoms. The first-order valence-electron chi connectivity index (χ1n) is 6.44. The number of anilines is 1. The first kappa shape index (κ1) is 16.0. The number of hydrogen-bond donors (Lipinski definition) is 2. The second kappa shape index (κ2) is 8.92. The topological polar surface area (TPSA) is 76.7 Å². The molecule has 110 valence electrons. The van der Waals surface area contributed by atoms with Crippen LogP contribution in [0.3, 0.4) is 0 Å². The SMILES string of the molecule is CCOc1ccccc1NC(=O)CC(=O)NCCOC. The van der Waals surface area contributed by atoms with Crippen molar-refractivity contribution in [2.45, 2.75) is 13.3 Å². The molecule has 0 fully saturated rings. The van der Waals surface area contributed by atoms with E-state index in [1.165, 1.54) is 0 Å². The molecule has 2 amide bonds. The van der Waals surface area contributed by atoms with Gasteiger partial charge in [0.1, 0.15) is 12.2 Å². The summed E-state index contributed by atoms with van der Waals surface area (Å²) in [5, 5.41) is 5.24. The molecule has 1 rings (SSSR count). The summed E-state index contributed by atoms with van der Waals surface area (Å²) >= 11 is 0. The van der Waals surface area contributed by atoms with Crippen LogP contribution in [0.5, 0.6) is 5.75 Å². The molecule has 6 heteroatoms. The Bertz CT molecular complexity index is 449. The quantitative estimate of drug-likeness (QED) is 0.553. The fourth-order valence-electron chi connectivity index (χ4n) is 1.55. The maximum atomic E-state index is 11.8. The van der Waals surface area contributed by atoms with Crippen LogP contribution in [-0.4, -0.2) is 38.7 Å². The third-order valence-corrected chi connectivity index (χ3v) is 2.41. The van der Waals surface area contributed by atoms with Crippen molar-refractivity contribution in [3.8, 4) is 5.75 Å². The number of carbonyl (C=O) groups is 2. The van der Waals surface area contributed by atoms with Crippen LogP contribution >= 0.6 is 0 Å². The normalized spacial score (nSPS) is 9.90. The molecule has 0 heterocycles. The molecule has 0 radical (unpaired) electrons. The van der Waals surface area contributed by atoms with E-state index < -0.39 is 0 Å². The van der Waals surface area contributed by atoms with Gasteiger partial charge in [0.05, 0.1) is 18.9 Å². The zero-order chi connectivity index (χ0) is 14.8. The molecule has 0 aliphatic carbocycles. The molecule has 0 unspecified atom stereocenters. The highest BCUT2D eigenvalue weighted by molar-refractivity contribution is 6.04. The van der Waals surface area contributed by atoms with Gasteiger partial charge in [0.25, 0.3) is 0 Å². The Labute approximate surface area is 118 Å². The largest absolute Gasteiger partial charge is 0.492 e. The highest BCUT2D eigenvalue weighted by Gasteiger charge is 2.11. The molecule has 0 saturated heterocycles. The van der Waals surface area contributed by atoms with E-state index in [1.54, 1.807) is 25.3 Å². The Morgan fingerprint density at radius 2 is 1.95 bits per heavy atom. The maximum absolute atomic E-state index is 11.8. The number of nitrogens with one attached hydrogen (secondary N) is 2. The van der Waals surface area contributed by atoms with Gasteiger partial charge < -0.3 is 20.1 Å². The summed E-state index contributed by atoms with van der Waals surface area (Å²) in [4.78, 5) is 23.2. The minimum atomic E-state index is -0.382. The zero-order valence-electron chi connectivity index (χ0n) is 11.8. The number of para-hydroxylation sites is 2. The van der Waals surface area contributed by atoms with Crippen molar-refractivity contribution in [1.82, 2.24) is 5.32 Å². The van der Waals surface area contributed by atoms with Crippen LogP contribution in [0.2, 0.25) is 0 Å². The van der Waals surface area contributed by atoms with Gasteiger partial charge in [0.2, 0.25) is 11.8 Å². The minimum Gasteiger partial charge on any atom is -0.492 e. The van der Waals surface area contributed by atoms with Crippen molar-refractivity contribution in [2.24, 2.45) is 0 Å². The van der Waals surface area contributed by atoms with Crippen LogP contribution in [0, 0.1) is 0 Å². The standard InChI is InChI=1S/C14H20N2O4/c1-3-20-12-7-5-4-6-11(12)16-14(18)10-13(17)15-8-9-19-2/h4-7H,3,8-10H2,1-2H3,(H,15,17)(H,16,18). The summed E-state index contributed by atoms with van der Waals surface area (Å²) in [5.74, 6) is -0.136. The van der Waals surface area contributed by atoms with Crippen LogP contribution in [0.4, 0.5) is 5.69 Å². The summed E-state index contributed by atoms with van der Waals surface area (Å²) < 4.78 is 10.2. The number of carbonyl (C=O) groups excluding carboxylic acids is 2. The van der Waals surface area contributed by atoms with Gasteiger partial charge in [-0.1, -0.05) is 12.1 Å². The Balaban J connectivity index is 2.47. The molecule has 0 aliphatic rings. The Hall–Kier alpha value is -2.08. The van der Waals surface area contributed by atoms with E-state index in [-0.39, 0.29) is 18.2 Å². The van der Waals surface area contributed by atoms with Gasteiger partial charge in [-0.2, -0.15) is 0 Å². The lowest BCUT2D eigenvalue weighted by Gasteiger charge is -2.11. The summed E-state index contributed by atoms with van der Waals surface area (Å²) in [7, 11) is 1.55. The summed E-state index contributed by atoms with van der Waals surface area (Å²) in [6.07, 6.45) is -0.232. The Morgan fingerprint density at radius 1 is 1.20 bits per heavy atom. The van der Waals surface area contributed by atoms with Gasteiger partial charge in [-0.15, -0.1) is 0 Å². The van der Waals surface area contributed by atoms with E-state index in [0.717, 1.165) is 0 Å². The number of hydrogen-bond acceptors (Lipinski definition) is 4. The van der Waals surface area contributed by atoms with E-state index in [1.807, 2.05) is 13.0 Å². The number of rotatable bonds is 8. The first-order valence-corrected chi connectivity index (χ1v) is 6.44. The molecule has 1 aromatic rings. The molecular weight excluding hydrogens is 260 g/mol. The molecule has 0 aliphatic heterocycles. The second-order valence-corrected chi connectivity index (χ2v) is 4.00. The van der Waals surface area contributed by atoms with E-state index in [2.05, 4.69) is 10.6 Å². The average Bonchev–Trinajstić information content (AvgIpc) is 2.41. The van der Waals surface area contributed by atoms with Crippen LogP contribution < -0.4 is 15.4 Å². The number of methoxy groups -OCH3 is 1. The predicted octanol–water partition coefficient (Wildman–Crippen LogP) is 1.18. The van der Waals surface area contributed by atoms with Crippen LogP contribution in [-0.2, 0) is 14.3 Å². The van der Waals surface area contributed by atoms with Gasteiger partial charge in [-0.05, 0) is 19.1 Å². The van der Waals surface area contributed by atoms with Crippen molar-refractivity contribution in [2.75, 3.05) is 32.2 Å². The molecular formula is C14H20N2O4. The highest BCUT2D eigenvalue weighted by atomic mass is 16.5. The predicted molar refractivity (Wildman–Crippen MR) is 75.7 cm³/mol. The van der Waals surface area contributed by atoms with Crippen LogP contribution in [0.25, 0.3) is 0 Å². The molecule has 0 saturated carbocycles. The highest BCUT2D eigenvalue weighted by Crippen LogP contribution is 2.23. The van der Waals surface area contributed by atoms with Crippen molar-refractivity contribution >= 4 is 17.5 Å². The summed E-state index contributed by atoms with van der Waals surface area (Å²) in [6.45, 7) is 3.17. The maximum Gasteiger partial charge on any atom is 0.233 e. The number of ether oxygens (including phenoxy) is 2. The third-order valence-electron chi connectivity index (χ3n) is 2.41. The Kier molecular flexibility index (Phi) is 7.13. The van der Waals surface area contributed by atoms with E-state index in [4.69, 9.17) is 9.47 Å². The van der Waals surface area contributed by atoms with E-state index in [0.29, 0.717) is 31.2 Å². The van der Waals surface area contributed by atoms with Crippen molar-refractivity contribution in [1.29, 1.82) is 0 Å². The fourth-order valence-corrected chi connectivity index (χ4v) is 1.55. The van der Waals surface area contributed by atoms with E-state index >= 15 is 0 Å². The van der Waals surface area contributed by atoms with Crippen molar-refractivity contribution in [3.05, 3.63) is 24.3 Å². The van der Waals surface area contributed by atoms with Crippen LogP contribution in [0.15, 0.2) is 24.3 Å². The summed E-state index contributed by atoms with van der Waals surface area (Å²) in [5.41, 5.74) is 0.559. The lowest BCUT2D eigenvalue weighted by molar-refractivity contribution is -0.126. The minimum absolute atomic E-state index is 0.232. The first-order chi connectivity index (χ1) is 9.67. The van der Waals surface area contributed by atoms with Crippen LogP contribution in [0.1, 0.15) is 13.3 Å². The molecule has 2 N–H and O–H groups in total. The second-order valence-electron chi connectivity index (χ2n) is 4.00. The Morgan fingerprint density at radius 3 is 2.65 bits per heavy atom. The van der Waals surface area contributed by atoms with Crippen molar-refractivity contribution in [3.63, 3.8) is 0 Å². The monoisotopic (exact) mass is 280 g/mol. The van der Waals surface area contributed by atoms with E-state index in [9.17, 15) is 9.59 Å². The summed E-state index contributed by atoms with van der Waals surface area (Å²) in [6, 6.07) is 7.10. The number of benzene rings is 1. The molecule has 6 nitrogen and oxygen atoms in total. The van der Waals surface area contributed by atoms with Gasteiger partial charge in [0.15, 0.2) is 0 Å². The van der Waals surface area contributed by atoms with Gasteiger partial charge in [-0.3, -0.25) is 9.59 Å².